The molecule has 2 amide bonds. The van der Waals surface area contributed by atoms with E-state index in [0.717, 1.165) is 11.3 Å². The molecule has 0 aliphatic carbocycles. The molecule has 9 heteroatoms. The normalized spacial score (nSPS) is 14.1. The molecule has 8 nitrogen and oxygen atoms in total. The summed E-state index contributed by atoms with van der Waals surface area (Å²) in [7, 11) is 3.24. The van der Waals surface area contributed by atoms with Gasteiger partial charge in [0.1, 0.15) is 17.4 Å². The van der Waals surface area contributed by atoms with E-state index in [1.54, 1.807) is 41.0 Å². The Morgan fingerprint density at radius 3 is 2.11 bits per heavy atom. The maximum atomic E-state index is 13.8. The van der Waals surface area contributed by atoms with Crippen LogP contribution in [0.2, 0.25) is 0 Å². The van der Waals surface area contributed by atoms with Gasteiger partial charge in [-0.2, -0.15) is 0 Å². The SMILES string of the molecule is COc1ccc(CSC(C)(C)[C@H](NC(=O)OC(C)(C)C)C(=O)N(C)[C@@H](C=C(C)C(=O)O)C(C)C)cc1. The first-order valence-electron chi connectivity index (χ1n) is 11.9. The lowest BCUT2D eigenvalue weighted by molar-refractivity contribution is -0.135. The molecule has 0 aliphatic heterocycles. The van der Waals surface area contributed by atoms with Crippen LogP contribution in [-0.2, 0) is 20.1 Å². The quantitative estimate of drug-likeness (QED) is 0.389. The van der Waals surface area contributed by atoms with E-state index in [4.69, 9.17) is 9.47 Å². The fourth-order valence-electron chi connectivity index (χ4n) is 3.46. The number of alkyl carbamates (subject to hydrolysis) is 1. The number of carbonyl (C=O) groups is 3. The van der Waals surface area contributed by atoms with Crippen molar-refractivity contribution in [2.75, 3.05) is 14.2 Å². The summed E-state index contributed by atoms with van der Waals surface area (Å²) in [4.78, 5) is 39.5. The van der Waals surface area contributed by atoms with Crippen LogP contribution in [-0.4, -0.2) is 64.6 Å². The zero-order chi connectivity index (χ0) is 27.8. The third kappa shape index (κ3) is 9.76. The number of thioether (sulfide) groups is 1. The van der Waals surface area contributed by atoms with Gasteiger partial charge in [0.15, 0.2) is 0 Å². The van der Waals surface area contributed by atoms with Crippen molar-refractivity contribution in [3.05, 3.63) is 41.5 Å². The van der Waals surface area contributed by atoms with Crippen molar-refractivity contribution in [3.8, 4) is 5.75 Å². The number of methoxy groups -OCH3 is 1. The minimum atomic E-state index is -1.04. The zero-order valence-electron chi connectivity index (χ0n) is 23.2. The van der Waals surface area contributed by atoms with Crippen LogP contribution in [0.25, 0.3) is 0 Å². The van der Waals surface area contributed by atoms with Gasteiger partial charge >= 0.3 is 12.1 Å². The molecule has 0 saturated carbocycles. The van der Waals surface area contributed by atoms with E-state index in [1.165, 1.54) is 23.6 Å². The van der Waals surface area contributed by atoms with Gasteiger partial charge in [0.25, 0.3) is 0 Å². The molecular weight excluding hydrogens is 480 g/mol. The number of benzene rings is 1. The van der Waals surface area contributed by atoms with E-state index in [0.29, 0.717) is 5.75 Å². The topological polar surface area (TPSA) is 105 Å². The molecule has 2 atom stereocenters. The fraction of sp³-hybridized carbons (Fsp3) is 0.593. The molecule has 0 fully saturated rings. The first kappa shape index (κ1) is 31.4. The van der Waals surface area contributed by atoms with E-state index in [1.807, 2.05) is 52.0 Å². The van der Waals surface area contributed by atoms with E-state index in [-0.39, 0.29) is 17.4 Å². The average molecular weight is 523 g/mol. The van der Waals surface area contributed by atoms with Crippen LogP contribution in [0.5, 0.6) is 5.75 Å². The molecule has 1 rings (SSSR count). The molecule has 2 N–H and O–H groups in total. The van der Waals surface area contributed by atoms with Crippen LogP contribution in [0, 0.1) is 5.92 Å². The second-order valence-electron chi connectivity index (χ2n) is 10.7. The standard InChI is InChI=1S/C27H42N2O6S/c1-17(2)21(15-18(3)24(31)32)29(9)23(30)22(28-25(33)35-26(4,5)6)27(7,8)36-16-19-11-13-20(34-10)14-12-19/h11-15,17,21-22H,16H2,1-10H3,(H,28,33)(H,31,32)/t21-,22+/m0/s1. The number of rotatable bonds is 11. The Morgan fingerprint density at radius 1 is 1.11 bits per heavy atom. The molecule has 0 saturated heterocycles. The first-order valence-corrected chi connectivity index (χ1v) is 12.9. The lowest BCUT2D eigenvalue weighted by atomic mass is 9.96. The van der Waals surface area contributed by atoms with E-state index >= 15 is 0 Å². The van der Waals surface area contributed by atoms with Gasteiger partial charge in [0.05, 0.1) is 13.2 Å². The van der Waals surface area contributed by atoms with E-state index in [9.17, 15) is 19.5 Å². The highest BCUT2D eigenvalue weighted by Crippen LogP contribution is 2.33. The molecule has 1 aromatic rings. The van der Waals surface area contributed by atoms with Crippen LogP contribution >= 0.6 is 11.8 Å². The van der Waals surface area contributed by atoms with Crippen molar-refractivity contribution >= 4 is 29.7 Å². The van der Waals surface area contributed by atoms with E-state index in [2.05, 4.69) is 5.32 Å². The lowest BCUT2D eigenvalue weighted by Crippen LogP contribution is -2.59. The highest BCUT2D eigenvalue weighted by molar-refractivity contribution is 7.99. The number of hydrogen-bond donors (Lipinski definition) is 2. The Hall–Kier alpha value is -2.68. The Labute approximate surface area is 219 Å². The highest BCUT2D eigenvalue weighted by atomic mass is 32.2. The summed E-state index contributed by atoms with van der Waals surface area (Å²) < 4.78 is 9.94. The number of nitrogens with one attached hydrogen (secondary N) is 1. The molecule has 36 heavy (non-hydrogen) atoms. The molecular formula is C27H42N2O6S. The molecule has 0 spiro atoms. The Bertz CT molecular complexity index is 935. The van der Waals surface area contributed by atoms with Gasteiger partial charge in [-0.1, -0.05) is 32.1 Å². The van der Waals surface area contributed by atoms with Gasteiger partial charge in [0, 0.05) is 23.1 Å². The average Bonchev–Trinajstić information content (AvgIpc) is 2.77. The molecule has 0 aliphatic rings. The number of hydrogen-bond acceptors (Lipinski definition) is 6. The van der Waals surface area contributed by atoms with Crippen molar-refractivity contribution in [2.24, 2.45) is 5.92 Å². The lowest BCUT2D eigenvalue weighted by Gasteiger charge is -2.39. The number of nitrogens with zero attached hydrogens (tertiary/aromatic N) is 1. The Balaban J connectivity index is 3.28. The Morgan fingerprint density at radius 2 is 1.67 bits per heavy atom. The molecule has 0 heterocycles. The van der Waals surface area contributed by atoms with Gasteiger partial charge in [-0.3, -0.25) is 4.79 Å². The van der Waals surface area contributed by atoms with Crippen molar-refractivity contribution in [1.29, 1.82) is 0 Å². The summed E-state index contributed by atoms with van der Waals surface area (Å²) in [6.45, 7) is 14.4. The second kappa shape index (κ2) is 13.0. The number of amides is 2. The van der Waals surface area contributed by atoms with Crippen LogP contribution in [0.1, 0.15) is 61.0 Å². The number of ether oxygens (including phenoxy) is 2. The smallest absolute Gasteiger partial charge is 0.408 e. The van der Waals surface area contributed by atoms with Crippen LogP contribution in [0.4, 0.5) is 4.79 Å². The number of carboxylic acids is 1. The summed E-state index contributed by atoms with van der Waals surface area (Å²) in [5, 5.41) is 12.1. The molecule has 0 radical (unpaired) electrons. The van der Waals surface area contributed by atoms with Crippen molar-refractivity contribution in [2.45, 2.75) is 83.6 Å². The van der Waals surface area contributed by atoms with Crippen molar-refractivity contribution in [3.63, 3.8) is 0 Å². The number of aliphatic carboxylic acids is 1. The van der Waals surface area contributed by atoms with Gasteiger partial charge < -0.3 is 24.8 Å². The Kier molecular flexibility index (Phi) is 11.4. The van der Waals surface area contributed by atoms with Crippen LogP contribution in [0.3, 0.4) is 0 Å². The largest absolute Gasteiger partial charge is 0.497 e. The highest BCUT2D eigenvalue weighted by Gasteiger charge is 2.41. The summed E-state index contributed by atoms with van der Waals surface area (Å²) >= 11 is 1.53. The van der Waals surface area contributed by atoms with E-state index < -0.39 is 34.5 Å². The minimum Gasteiger partial charge on any atom is -0.497 e. The van der Waals surface area contributed by atoms with Gasteiger partial charge in [-0.05, 0) is 65.2 Å². The molecule has 0 aromatic heterocycles. The fourth-order valence-corrected chi connectivity index (χ4v) is 4.52. The summed E-state index contributed by atoms with van der Waals surface area (Å²) in [5.74, 6) is -0.0627. The second-order valence-corrected chi connectivity index (χ2v) is 12.3. The van der Waals surface area contributed by atoms with Crippen LogP contribution in [0.15, 0.2) is 35.9 Å². The van der Waals surface area contributed by atoms with Gasteiger partial charge in [0.2, 0.25) is 5.91 Å². The van der Waals surface area contributed by atoms with Crippen molar-refractivity contribution in [1.82, 2.24) is 10.2 Å². The third-order valence-corrected chi connectivity index (χ3v) is 7.07. The number of carbonyl (C=O) groups excluding carboxylic acids is 2. The number of carboxylic acid groups (broad SMARTS) is 1. The van der Waals surface area contributed by atoms with Crippen LogP contribution < -0.4 is 10.1 Å². The third-order valence-electron chi connectivity index (χ3n) is 5.61. The van der Waals surface area contributed by atoms with Crippen molar-refractivity contribution < 1.29 is 29.0 Å². The van der Waals surface area contributed by atoms with Gasteiger partial charge in [-0.15, -0.1) is 11.8 Å². The predicted octanol–water partition coefficient (Wildman–Crippen LogP) is 5.11. The monoisotopic (exact) mass is 522 g/mol. The summed E-state index contributed by atoms with van der Waals surface area (Å²) in [6, 6.07) is 6.27. The molecule has 0 unspecified atom stereocenters. The molecule has 202 valence electrons. The predicted molar refractivity (Wildman–Crippen MR) is 144 cm³/mol. The molecule has 1 aromatic carbocycles. The molecule has 0 bridgehead atoms. The minimum absolute atomic E-state index is 0.0505. The van der Waals surface area contributed by atoms with Gasteiger partial charge in [-0.25, -0.2) is 9.59 Å². The maximum Gasteiger partial charge on any atom is 0.408 e. The number of likely N-dealkylation sites (N-methyl/N-ethyl adjacent to an activating group) is 1. The summed E-state index contributed by atoms with van der Waals surface area (Å²) in [5.41, 5.74) is 0.468. The first-order chi connectivity index (χ1) is 16.5. The summed E-state index contributed by atoms with van der Waals surface area (Å²) in [6.07, 6.45) is 0.887. The maximum absolute atomic E-state index is 13.8. The zero-order valence-corrected chi connectivity index (χ0v) is 24.0.